The number of cyclic esters (lactones) is 1. The van der Waals surface area contributed by atoms with Gasteiger partial charge in [-0.1, -0.05) is 12.8 Å². The number of morpholine rings is 1. The molecule has 1 spiro atoms. The highest BCUT2D eigenvalue weighted by atomic mass is 32.2. The predicted molar refractivity (Wildman–Crippen MR) is 98.7 cm³/mol. The molecule has 0 bridgehead atoms. The molecule has 3 fully saturated rings. The summed E-state index contributed by atoms with van der Waals surface area (Å²) >= 11 is 0. The highest BCUT2D eigenvalue weighted by Gasteiger charge is 2.54. The molecule has 4 rings (SSSR count). The zero-order valence-electron chi connectivity index (χ0n) is 15.2. The van der Waals surface area contributed by atoms with Crippen LogP contribution < -0.4 is 4.90 Å². The lowest BCUT2D eigenvalue weighted by molar-refractivity contribution is -0.162. The van der Waals surface area contributed by atoms with Gasteiger partial charge < -0.3 is 9.64 Å². The summed E-state index contributed by atoms with van der Waals surface area (Å²) in [6.45, 7) is 0.923. The van der Waals surface area contributed by atoms with Crippen molar-refractivity contribution in [1.29, 1.82) is 0 Å². The summed E-state index contributed by atoms with van der Waals surface area (Å²) in [4.78, 5) is 26.4. The Kier molecular flexibility index (Phi) is 4.71. The van der Waals surface area contributed by atoms with E-state index < -0.39 is 21.5 Å². The standard InChI is InChI=1S/C19H24N2O5S/c22-17-5-1-4-12-20(17)15-6-8-16(9-7-15)27(24,25)21-13-14-26-18(23)19(21)10-2-3-11-19/h6-9H,1-5,10-14H2. The van der Waals surface area contributed by atoms with Gasteiger partial charge in [-0.25, -0.2) is 8.42 Å². The number of carbonyl (C=O) groups is 2. The van der Waals surface area contributed by atoms with Crippen molar-refractivity contribution in [2.45, 2.75) is 55.4 Å². The molecule has 0 N–H and O–H groups in total. The molecule has 1 aromatic carbocycles. The second-order valence-electron chi connectivity index (χ2n) is 7.45. The summed E-state index contributed by atoms with van der Waals surface area (Å²) in [6, 6.07) is 6.43. The van der Waals surface area contributed by atoms with E-state index >= 15 is 0 Å². The number of benzene rings is 1. The molecule has 1 saturated carbocycles. The van der Waals surface area contributed by atoms with Crippen molar-refractivity contribution < 1.29 is 22.7 Å². The number of hydrogen-bond acceptors (Lipinski definition) is 5. The van der Waals surface area contributed by atoms with E-state index in [-0.39, 0.29) is 24.0 Å². The highest BCUT2D eigenvalue weighted by Crippen LogP contribution is 2.41. The fourth-order valence-electron chi connectivity index (χ4n) is 4.44. The van der Waals surface area contributed by atoms with E-state index in [1.807, 2.05) is 0 Å². The third kappa shape index (κ3) is 3.04. The quantitative estimate of drug-likeness (QED) is 0.735. The van der Waals surface area contributed by atoms with Gasteiger partial charge in [0, 0.05) is 25.2 Å². The number of esters is 1. The molecule has 0 aromatic heterocycles. The lowest BCUT2D eigenvalue weighted by atomic mass is 9.97. The van der Waals surface area contributed by atoms with Crippen LogP contribution in [0.25, 0.3) is 0 Å². The van der Waals surface area contributed by atoms with E-state index in [1.165, 1.54) is 16.4 Å². The number of ether oxygens (including phenoxy) is 1. The number of hydrogen-bond donors (Lipinski definition) is 0. The van der Waals surface area contributed by atoms with Gasteiger partial charge in [-0.2, -0.15) is 4.31 Å². The molecular weight excluding hydrogens is 368 g/mol. The van der Waals surface area contributed by atoms with Crippen molar-refractivity contribution in [2.24, 2.45) is 0 Å². The van der Waals surface area contributed by atoms with Gasteiger partial charge in [0.15, 0.2) is 0 Å². The fourth-order valence-corrected chi connectivity index (χ4v) is 6.21. The summed E-state index contributed by atoms with van der Waals surface area (Å²) in [6.07, 6.45) is 5.02. The van der Waals surface area contributed by atoms with Gasteiger partial charge in [0.2, 0.25) is 15.9 Å². The number of rotatable bonds is 3. The van der Waals surface area contributed by atoms with Gasteiger partial charge >= 0.3 is 5.97 Å². The second kappa shape index (κ2) is 6.91. The molecule has 8 heteroatoms. The van der Waals surface area contributed by atoms with Crippen molar-refractivity contribution in [3.8, 4) is 0 Å². The van der Waals surface area contributed by atoms with Gasteiger partial charge in [-0.15, -0.1) is 0 Å². The van der Waals surface area contributed by atoms with Crippen LogP contribution in [0.3, 0.4) is 0 Å². The van der Waals surface area contributed by atoms with Crippen molar-refractivity contribution in [3.05, 3.63) is 24.3 Å². The minimum Gasteiger partial charge on any atom is -0.463 e. The molecule has 0 unspecified atom stereocenters. The van der Waals surface area contributed by atoms with E-state index in [9.17, 15) is 18.0 Å². The van der Waals surface area contributed by atoms with E-state index in [1.54, 1.807) is 17.0 Å². The smallest absolute Gasteiger partial charge is 0.327 e. The molecule has 1 amide bonds. The number of nitrogens with zero attached hydrogens (tertiary/aromatic N) is 2. The molecule has 2 aliphatic heterocycles. The maximum Gasteiger partial charge on any atom is 0.327 e. The number of carbonyl (C=O) groups excluding carboxylic acids is 2. The molecule has 3 aliphatic rings. The Morgan fingerprint density at radius 3 is 2.30 bits per heavy atom. The summed E-state index contributed by atoms with van der Waals surface area (Å²) < 4.78 is 33.1. The minimum atomic E-state index is -3.82. The number of sulfonamides is 1. The molecule has 2 saturated heterocycles. The van der Waals surface area contributed by atoms with Crippen molar-refractivity contribution >= 4 is 27.6 Å². The maximum absolute atomic E-state index is 13.3. The first-order valence-corrected chi connectivity index (χ1v) is 11.0. The van der Waals surface area contributed by atoms with Crippen LogP contribution in [0.1, 0.15) is 44.9 Å². The van der Waals surface area contributed by atoms with E-state index in [0.29, 0.717) is 31.5 Å². The van der Waals surface area contributed by atoms with Crippen LogP contribution in [0.4, 0.5) is 5.69 Å². The lowest BCUT2D eigenvalue weighted by Crippen LogP contribution is -2.60. The van der Waals surface area contributed by atoms with Gasteiger partial charge in [-0.05, 0) is 49.9 Å². The Morgan fingerprint density at radius 1 is 0.926 bits per heavy atom. The van der Waals surface area contributed by atoms with Gasteiger partial charge in [-0.3, -0.25) is 9.59 Å². The summed E-state index contributed by atoms with van der Waals surface area (Å²) in [5, 5.41) is 0. The fraction of sp³-hybridized carbons (Fsp3) is 0.579. The van der Waals surface area contributed by atoms with Crippen LogP contribution in [-0.2, 0) is 24.3 Å². The molecule has 1 aliphatic carbocycles. The van der Waals surface area contributed by atoms with Crippen molar-refractivity contribution in [2.75, 3.05) is 24.6 Å². The Hall–Kier alpha value is -1.93. The molecule has 27 heavy (non-hydrogen) atoms. The topological polar surface area (TPSA) is 84.0 Å². The maximum atomic E-state index is 13.3. The zero-order chi connectivity index (χ0) is 19.1. The second-order valence-corrected chi connectivity index (χ2v) is 9.31. The molecule has 0 atom stereocenters. The zero-order valence-corrected chi connectivity index (χ0v) is 16.0. The Morgan fingerprint density at radius 2 is 1.63 bits per heavy atom. The van der Waals surface area contributed by atoms with Gasteiger partial charge in [0.05, 0.1) is 4.90 Å². The van der Waals surface area contributed by atoms with E-state index in [2.05, 4.69) is 0 Å². The third-order valence-electron chi connectivity index (χ3n) is 5.88. The van der Waals surface area contributed by atoms with Crippen molar-refractivity contribution in [3.63, 3.8) is 0 Å². The first kappa shape index (κ1) is 18.4. The van der Waals surface area contributed by atoms with Gasteiger partial charge in [0.25, 0.3) is 0 Å². The number of amides is 1. The predicted octanol–water partition coefficient (Wildman–Crippen LogP) is 2.06. The molecule has 146 valence electrons. The number of piperidine rings is 1. The molecule has 2 heterocycles. The molecule has 0 radical (unpaired) electrons. The van der Waals surface area contributed by atoms with Gasteiger partial charge in [0.1, 0.15) is 12.1 Å². The minimum absolute atomic E-state index is 0.0699. The first-order chi connectivity index (χ1) is 12.9. The Balaban J connectivity index is 1.63. The third-order valence-corrected chi connectivity index (χ3v) is 7.86. The Labute approximate surface area is 159 Å². The lowest BCUT2D eigenvalue weighted by Gasteiger charge is -2.41. The normalized spacial score (nSPS) is 23.6. The summed E-state index contributed by atoms with van der Waals surface area (Å²) in [7, 11) is -3.82. The average molecular weight is 392 g/mol. The first-order valence-electron chi connectivity index (χ1n) is 9.56. The summed E-state index contributed by atoms with van der Waals surface area (Å²) in [5.41, 5.74) is -0.342. The largest absolute Gasteiger partial charge is 0.463 e. The van der Waals surface area contributed by atoms with Crippen LogP contribution in [0.2, 0.25) is 0 Å². The van der Waals surface area contributed by atoms with Crippen LogP contribution in [-0.4, -0.2) is 49.8 Å². The van der Waals surface area contributed by atoms with E-state index in [0.717, 1.165) is 25.7 Å². The van der Waals surface area contributed by atoms with Crippen LogP contribution in [0, 0.1) is 0 Å². The monoisotopic (exact) mass is 392 g/mol. The average Bonchev–Trinajstić information content (AvgIpc) is 3.15. The van der Waals surface area contributed by atoms with Crippen molar-refractivity contribution in [1.82, 2.24) is 4.31 Å². The highest BCUT2D eigenvalue weighted by molar-refractivity contribution is 7.89. The number of anilines is 1. The SMILES string of the molecule is O=C1CCCCN1c1ccc(S(=O)(=O)N2CCOC(=O)C23CCCC3)cc1. The van der Waals surface area contributed by atoms with E-state index in [4.69, 9.17) is 4.74 Å². The molecule has 1 aromatic rings. The Bertz CT molecular complexity index is 843. The van der Waals surface area contributed by atoms with Crippen LogP contribution >= 0.6 is 0 Å². The van der Waals surface area contributed by atoms with Crippen LogP contribution in [0.15, 0.2) is 29.2 Å². The molecule has 7 nitrogen and oxygen atoms in total. The summed E-state index contributed by atoms with van der Waals surface area (Å²) in [5.74, 6) is -0.356. The van der Waals surface area contributed by atoms with Crippen LogP contribution in [0.5, 0.6) is 0 Å². The molecular formula is C19H24N2O5S.